The normalized spacial score (nSPS) is 26.7. The maximum Gasteiger partial charge on any atom is 0.410 e. The fourth-order valence-corrected chi connectivity index (χ4v) is 4.48. The Hall–Kier alpha value is -2.04. The van der Waals surface area contributed by atoms with Crippen molar-refractivity contribution in [2.24, 2.45) is 0 Å². The maximum atomic E-state index is 12.2. The van der Waals surface area contributed by atoms with Gasteiger partial charge in [0, 0.05) is 18.1 Å². The topological polar surface area (TPSA) is 47.4 Å². The van der Waals surface area contributed by atoms with E-state index in [0.717, 1.165) is 37.0 Å². The molecule has 0 unspecified atom stereocenters. The summed E-state index contributed by atoms with van der Waals surface area (Å²) in [5, 5.41) is 0. The van der Waals surface area contributed by atoms with Gasteiger partial charge < -0.3 is 14.2 Å². The van der Waals surface area contributed by atoms with Crippen molar-refractivity contribution in [3.63, 3.8) is 0 Å². The van der Waals surface area contributed by atoms with Crippen LogP contribution in [-0.4, -0.2) is 39.2 Å². The third-order valence-electron chi connectivity index (χ3n) is 5.32. The smallest absolute Gasteiger partial charge is 0.410 e. The molecule has 0 N–H and O–H groups in total. The molecule has 5 nitrogen and oxygen atoms in total. The lowest BCUT2D eigenvalue weighted by molar-refractivity contribution is 0.0623. The first-order chi connectivity index (χ1) is 11.2. The van der Waals surface area contributed by atoms with Crippen LogP contribution in [0.2, 0.25) is 0 Å². The molecule has 2 aliphatic heterocycles. The van der Waals surface area contributed by atoms with Gasteiger partial charge >= 0.3 is 6.09 Å². The van der Waals surface area contributed by atoms with Crippen molar-refractivity contribution in [3.8, 4) is 0 Å². The van der Waals surface area contributed by atoms with Crippen LogP contribution in [0, 0.1) is 6.92 Å². The van der Waals surface area contributed by atoms with E-state index in [1.165, 1.54) is 5.52 Å². The molecule has 0 saturated carbocycles. The number of amides is 1. The molecule has 3 atom stereocenters. The maximum absolute atomic E-state index is 12.2. The molecule has 4 rings (SSSR count). The average Bonchev–Trinajstić information content (AvgIpc) is 3.01. The number of carbonyl (C=O) groups excluding carboxylic acids is 1. The van der Waals surface area contributed by atoms with Gasteiger partial charge in [-0.1, -0.05) is 12.1 Å². The molecule has 5 heteroatoms. The molecule has 23 heavy (non-hydrogen) atoms. The van der Waals surface area contributed by atoms with E-state index < -0.39 is 0 Å². The number of benzene rings is 1. The van der Waals surface area contributed by atoms with Crippen molar-refractivity contribution in [2.45, 2.75) is 57.7 Å². The Morgan fingerprint density at radius 3 is 2.61 bits per heavy atom. The monoisotopic (exact) mass is 313 g/mol. The summed E-state index contributed by atoms with van der Waals surface area (Å²) in [6.07, 6.45) is 4.04. The molecular weight excluding hydrogens is 290 g/mol. The number of ether oxygens (including phenoxy) is 1. The van der Waals surface area contributed by atoms with Gasteiger partial charge in [0.1, 0.15) is 5.82 Å². The van der Waals surface area contributed by atoms with Gasteiger partial charge in [-0.15, -0.1) is 0 Å². The number of nitrogens with zero attached hydrogens (tertiary/aromatic N) is 3. The fourth-order valence-electron chi connectivity index (χ4n) is 4.48. The molecule has 2 aliphatic rings. The molecule has 0 radical (unpaired) electrons. The second-order valence-corrected chi connectivity index (χ2v) is 6.63. The van der Waals surface area contributed by atoms with E-state index in [0.29, 0.717) is 24.7 Å². The van der Waals surface area contributed by atoms with Crippen molar-refractivity contribution in [2.75, 3.05) is 6.61 Å². The number of aryl methyl sites for hydroxylation is 1. The second kappa shape index (κ2) is 5.55. The number of aromatic nitrogens is 2. The molecular formula is C18H23N3O2. The highest BCUT2D eigenvalue weighted by molar-refractivity contribution is 5.76. The first-order valence-electron chi connectivity index (χ1n) is 8.57. The summed E-state index contributed by atoms with van der Waals surface area (Å²) < 4.78 is 7.63. The van der Waals surface area contributed by atoms with E-state index in [-0.39, 0.29) is 6.09 Å². The molecule has 2 aromatic rings. The lowest BCUT2D eigenvalue weighted by Crippen LogP contribution is -2.47. The molecule has 1 aromatic heterocycles. The zero-order valence-electron chi connectivity index (χ0n) is 13.7. The van der Waals surface area contributed by atoms with Crippen LogP contribution < -0.4 is 0 Å². The number of piperidine rings is 1. The molecule has 0 aliphatic carbocycles. The van der Waals surface area contributed by atoms with E-state index in [9.17, 15) is 4.79 Å². The van der Waals surface area contributed by atoms with Gasteiger partial charge in [0.2, 0.25) is 0 Å². The minimum Gasteiger partial charge on any atom is -0.450 e. The summed E-state index contributed by atoms with van der Waals surface area (Å²) in [6, 6.07) is 9.35. The molecule has 122 valence electrons. The molecule has 1 amide bonds. The standard InChI is InChI=1S/C18H23N3O2/c1-3-23-18(22)21-13-8-9-14(21)11-15(10-13)20-12(2)19-16-6-4-5-7-17(16)20/h4-7,13-15H,3,8-11H2,1-2H3/t13-,14+,15-. The third kappa shape index (κ3) is 2.30. The number of carbonyl (C=O) groups is 1. The Labute approximate surface area is 136 Å². The van der Waals surface area contributed by atoms with E-state index in [2.05, 4.69) is 29.7 Å². The van der Waals surface area contributed by atoms with Crippen molar-refractivity contribution < 1.29 is 9.53 Å². The molecule has 0 spiro atoms. The van der Waals surface area contributed by atoms with Crippen LogP contribution in [0.25, 0.3) is 11.0 Å². The van der Waals surface area contributed by atoms with Crippen LogP contribution in [-0.2, 0) is 4.74 Å². The van der Waals surface area contributed by atoms with Gasteiger partial charge in [-0.2, -0.15) is 0 Å². The number of imidazole rings is 1. The largest absolute Gasteiger partial charge is 0.450 e. The van der Waals surface area contributed by atoms with E-state index in [4.69, 9.17) is 9.72 Å². The van der Waals surface area contributed by atoms with Crippen LogP contribution in [0.1, 0.15) is 44.5 Å². The van der Waals surface area contributed by atoms with Crippen LogP contribution in [0.4, 0.5) is 4.79 Å². The highest BCUT2D eigenvalue weighted by Crippen LogP contribution is 2.42. The zero-order valence-corrected chi connectivity index (χ0v) is 13.7. The van der Waals surface area contributed by atoms with Crippen molar-refractivity contribution in [1.82, 2.24) is 14.5 Å². The summed E-state index contributed by atoms with van der Waals surface area (Å²) in [6.45, 7) is 4.40. The highest BCUT2D eigenvalue weighted by Gasteiger charge is 2.44. The Bertz CT molecular complexity index is 725. The number of hydrogen-bond donors (Lipinski definition) is 0. The third-order valence-corrected chi connectivity index (χ3v) is 5.32. The lowest BCUT2D eigenvalue weighted by Gasteiger charge is -2.39. The molecule has 2 saturated heterocycles. The second-order valence-electron chi connectivity index (χ2n) is 6.63. The minimum atomic E-state index is -0.134. The fraction of sp³-hybridized carbons (Fsp3) is 0.556. The number of hydrogen-bond acceptors (Lipinski definition) is 3. The van der Waals surface area contributed by atoms with E-state index in [1.54, 1.807) is 0 Å². The van der Waals surface area contributed by atoms with Crippen molar-refractivity contribution in [1.29, 1.82) is 0 Å². The highest BCUT2D eigenvalue weighted by atomic mass is 16.6. The molecule has 2 fully saturated rings. The van der Waals surface area contributed by atoms with Gasteiger partial charge in [0.25, 0.3) is 0 Å². The number of rotatable bonds is 2. The van der Waals surface area contributed by atoms with E-state index in [1.807, 2.05) is 17.9 Å². The van der Waals surface area contributed by atoms with E-state index >= 15 is 0 Å². The molecule has 2 bridgehead atoms. The average molecular weight is 313 g/mol. The van der Waals surface area contributed by atoms with Gasteiger partial charge in [-0.25, -0.2) is 9.78 Å². The Morgan fingerprint density at radius 2 is 1.91 bits per heavy atom. The predicted molar refractivity (Wildman–Crippen MR) is 88.4 cm³/mol. The summed E-state index contributed by atoms with van der Waals surface area (Å²) in [7, 11) is 0. The quantitative estimate of drug-likeness (QED) is 0.850. The van der Waals surface area contributed by atoms with Crippen molar-refractivity contribution in [3.05, 3.63) is 30.1 Å². The Balaban J connectivity index is 1.63. The number of fused-ring (bicyclic) bond motifs is 3. The molecule has 1 aromatic carbocycles. The predicted octanol–water partition coefficient (Wildman–Crippen LogP) is 3.67. The summed E-state index contributed by atoms with van der Waals surface area (Å²) >= 11 is 0. The zero-order chi connectivity index (χ0) is 16.0. The Kier molecular flexibility index (Phi) is 3.51. The lowest BCUT2D eigenvalue weighted by atomic mass is 9.97. The van der Waals surface area contributed by atoms with Gasteiger partial charge in [0.15, 0.2) is 0 Å². The van der Waals surface area contributed by atoms with Crippen LogP contribution in [0.5, 0.6) is 0 Å². The SMILES string of the molecule is CCOC(=O)N1[C@@H]2CC[C@H]1C[C@H](n1c(C)nc3ccccc31)C2. The molecule has 3 heterocycles. The van der Waals surface area contributed by atoms with Crippen LogP contribution in [0.15, 0.2) is 24.3 Å². The summed E-state index contributed by atoms with van der Waals surface area (Å²) in [5.74, 6) is 1.07. The minimum absolute atomic E-state index is 0.134. The summed E-state index contributed by atoms with van der Waals surface area (Å²) in [4.78, 5) is 18.9. The van der Waals surface area contributed by atoms with Crippen LogP contribution in [0.3, 0.4) is 0 Å². The van der Waals surface area contributed by atoms with Crippen LogP contribution >= 0.6 is 0 Å². The first-order valence-corrected chi connectivity index (χ1v) is 8.57. The van der Waals surface area contributed by atoms with Crippen molar-refractivity contribution >= 4 is 17.1 Å². The summed E-state index contributed by atoms with van der Waals surface area (Å²) in [5.41, 5.74) is 2.27. The number of para-hydroxylation sites is 2. The Morgan fingerprint density at radius 1 is 1.22 bits per heavy atom. The van der Waals surface area contributed by atoms with Gasteiger partial charge in [-0.05, 0) is 51.7 Å². The van der Waals surface area contributed by atoms with Gasteiger partial charge in [-0.3, -0.25) is 0 Å². The van der Waals surface area contributed by atoms with Gasteiger partial charge in [0.05, 0.1) is 17.6 Å². The first kappa shape index (κ1) is 14.5.